The van der Waals surface area contributed by atoms with Crippen LogP contribution in [-0.2, 0) is 9.59 Å². The number of aryl methyl sites for hydroxylation is 1. The Bertz CT molecular complexity index is 1210. The predicted molar refractivity (Wildman–Crippen MR) is 115 cm³/mol. The van der Waals surface area contributed by atoms with E-state index < -0.39 is 0 Å². The minimum Gasteiger partial charge on any atom is -0.339 e. The van der Waals surface area contributed by atoms with Crippen molar-refractivity contribution in [3.8, 4) is 0 Å². The molecule has 162 valence electrons. The lowest BCUT2D eigenvalue weighted by Gasteiger charge is -2.27. The van der Waals surface area contributed by atoms with Gasteiger partial charge in [0.05, 0.1) is 28.7 Å². The molecule has 2 fully saturated rings. The number of benzene rings is 1. The molecule has 5 rings (SSSR count). The van der Waals surface area contributed by atoms with Crippen LogP contribution < -0.4 is 5.56 Å². The maximum atomic E-state index is 13.2. The molecule has 1 saturated heterocycles. The molecule has 8 nitrogen and oxygen atoms in total. The average Bonchev–Trinajstić information content (AvgIpc) is 3.44. The second kappa shape index (κ2) is 8.86. The molecule has 0 atom stereocenters. The quantitative estimate of drug-likeness (QED) is 0.682. The highest BCUT2D eigenvalue weighted by Crippen LogP contribution is 2.34. The lowest BCUT2D eigenvalue weighted by molar-refractivity contribution is -0.191. The Morgan fingerprint density at radius 2 is 1.74 bits per heavy atom. The average molecular weight is 422 g/mol. The van der Waals surface area contributed by atoms with Gasteiger partial charge in [-0.15, -0.1) is 0 Å². The number of nitrogens with zero attached hydrogens (tertiary/aromatic N) is 3. The zero-order chi connectivity index (χ0) is 22.0. The largest absolute Gasteiger partial charge is 0.373 e. The van der Waals surface area contributed by atoms with Crippen molar-refractivity contribution in [3.05, 3.63) is 39.8 Å². The van der Waals surface area contributed by atoms with Crippen LogP contribution in [0.4, 0.5) is 0 Å². The fourth-order valence-corrected chi connectivity index (χ4v) is 4.92. The van der Waals surface area contributed by atoms with Crippen LogP contribution in [0.25, 0.3) is 21.8 Å². The Hall–Kier alpha value is -3.25. The van der Waals surface area contributed by atoms with E-state index in [-0.39, 0.29) is 17.6 Å². The second-order valence-corrected chi connectivity index (χ2v) is 8.39. The number of rotatable bonds is 2. The maximum absolute atomic E-state index is 13.2. The summed E-state index contributed by atoms with van der Waals surface area (Å²) in [6.07, 6.45) is 9.86. The van der Waals surface area contributed by atoms with Gasteiger partial charge in [0.25, 0.3) is 11.5 Å². The van der Waals surface area contributed by atoms with Crippen molar-refractivity contribution in [2.45, 2.75) is 57.9 Å². The Labute approximate surface area is 179 Å². The van der Waals surface area contributed by atoms with Crippen molar-refractivity contribution < 1.29 is 14.4 Å². The molecule has 0 radical (unpaired) electrons. The first kappa shape index (κ1) is 21.0. The first-order valence-electron chi connectivity index (χ1n) is 10.9. The summed E-state index contributed by atoms with van der Waals surface area (Å²) in [5.41, 5.74) is 3.19. The van der Waals surface area contributed by atoms with Gasteiger partial charge in [-0.25, -0.2) is 0 Å². The minimum atomic E-state index is -0.110. The molecular formula is C23H26N4O4. The first-order valence-corrected chi connectivity index (χ1v) is 10.9. The summed E-state index contributed by atoms with van der Waals surface area (Å²) >= 11 is 0. The third kappa shape index (κ3) is 3.91. The monoisotopic (exact) mass is 422 g/mol. The molecule has 3 heterocycles. The summed E-state index contributed by atoms with van der Waals surface area (Å²) in [5.74, 6) is 0.102. The fraction of sp³-hybridized carbons (Fsp3) is 0.478. The van der Waals surface area contributed by atoms with E-state index in [1.807, 2.05) is 28.6 Å². The van der Waals surface area contributed by atoms with Crippen LogP contribution >= 0.6 is 0 Å². The van der Waals surface area contributed by atoms with Gasteiger partial charge < -0.3 is 9.88 Å². The van der Waals surface area contributed by atoms with Crippen LogP contribution in [0.1, 0.15) is 66.9 Å². The molecule has 8 heteroatoms. The molecule has 3 aromatic rings. The van der Waals surface area contributed by atoms with Crippen LogP contribution in [0.5, 0.6) is 0 Å². The van der Waals surface area contributed by atoms with E-state index >= 15 is 0 Å². The molecule has 1 aliphatic carbocycles. The molecular weight excluding hydrogens is 396 g/mol. The number of amides is 1. The Kier molecular flexibility index (Phi) is 6.00. The summed E-state index contributed by atoms with van der Waals surface area (Å²) in [4.78, 5) is 47.0. The number of aromatic amines is 1. The molecule has 1 saturated carbocycles. The minimum absolute atomic E-state index is 0.102. The molecule has 2 aromatic heterocycles. The molecule has 1 amide bonds. The van der Waals surface area contributed by atoms with E-state index in [0.717, 1.165) is 66.3 Å². The van der Waals surface area contributed by atoms with Crippen LogP contribution in [0.15, 0.2) is 23.1 Å². The van der Waals surface area contributed by atoms with Crippen molar-refractivity contribution in [2.24, 2.45) is 0 Å². The van der Waals surface area contributed by atoms with E-state index in [9.17, 15) is 9.59 Å². The van der Waals surface area contributed by atoms with E-state index in [1.165, 1.54) is 19.3 Å². The van der Waals surface area contributed by atoms with Gasteiger partial charge in [0.2, 0.25) is 0 Å². The van der Waals surface area contributed by atoms with Gasteiger partial charge in [0, 0.05) is 24.0 Å². The third-order valence-corrected chi connectivity index (χ3v) is 6.45. The van der Waals surface area contributed by atoms with Crippen LogP contribution in [-0.4, -0.2) is 44.8 Å². The number of pyridine rings is 1. The van der Waals surface area contributed by atoms with Crippen molar-refractivity contribution >= 4 is 33.9 Å². The van der Waals surface area contributed by atoms with E-state index in [4.69, 9.17) is 9.59 Å². The second-order valence-electron chi connectivity index (χ2n) is 8.39. The number of aromatic nitrogens is 3. The number of likely N-dealkylation sites (tertiary alicyclic amines) is 1. The first-order chi connectivity index (χ1) is 15.0. The molecule has 1 aliphatic heterocycles. The summed E-state index contributed by atoms with van der Waals surface area (Å²) < 4.78 is 2.03. The third-order valence-electron chi connectivity index (χ3n) is 6.45. The number of carbonyl (C=O) groups excluding carboxylic acids is 3. The van der Waals surface area contributed by atoms with Crippen molar-refractivity contribution in [3.63, 3.8) is 0 Å². The number of nitrogens with one attached hydrogen (secondary N) is 1. The highest BCUT2D eigenvalue weighted by molar-refractivity contribution is 6.07. The molecule has 1 N–H and O–H groups in total. The van der Waals surface area contributed by atoms with Crippen LogP contribution in [0.3, 0.4) is 0 Å². The van der Waals surface area contributed by atoms with Crippen molar-refractivity contribution in [2.75, 3.05) is 13.1 Å². The van der Waals surface area contributed by atoms with Gasteiger partial charge in [0.1, 0.15) is 0 Å². The van der Waals surface area contributed by atoms with E-state index in [2.05, 4.69) is 10.1 Å². The zero-order valence-corrected chi connectivity index (χ0v) is 17.6. The smallest absolute Gasteiger partial charge is 0.339 e. The van der Waals surface area contributed by atoms with E-state index in [1.54, 1.807) is 6.20 Å². The molecule has 31 heavy (non-hydrogen) atoms. The number of hydrogen-bond acceptors (Lipinski definition) is 5. The van der Waals surface area contributed by atoms with Gasteiger partial charge in [-0.1, -0.05) is 12.8 Å². The normalized spacial score (nSPS) is 16.9. The zero-order valence-electron chi connectivity index (χ0n) is 17.6. The molecule has 0 unspecified atom stereocenters. The van der Waals surface area contributed by atoms with Gasteiger partial charge in [-0.2, -0.15) is 14.7 Å². The van der Waals surface area contributed by atoms with E-state index in [0.29, 0.717) is 11.4 Å². The van der Waals surface area contributed by atoms with Crippen molar-refractivity contribution in [1.82, 2.24) is 19.7 Å². The lowest BCUT2D eigenvalue weighted by atomic mass is 10.0. The predicted octanol–water partition coefficient (Wildman–Crippen LogP) is 3.34. The van der Waals surface area contributed by atoms with Gasteiger partial charge in [-0.3, -0.25) is 14.3 Å². The Balaban J connectivity index is 0.000000730. The summed E-state index contributed by atoms with van der Waals surface area (Å²) in [5, 5.41) is 6.11. The summed E-state index contributed by atoms with van der Waals surface area (Å²) in [6.45, 7) is 3.61. The molecule has 2 aliphatic rings. The van der Waals surface area contributed by atoms with Gasteiger partial charge >= 0.3 is 6.15 Å². The summed E-state index contributed by atoms with van der Waals surface area (Å²) in [6, 6.07) is 4.26. The Morgan fingerprint density at radius 3 is 2.42 bits per heavy atom. The number of fused-ring (bicyclic) bond motifs is 3. The number of H-pyrrole nitrogens is 1. The lowest BCUT2D eigenvalue weighted by Crippen LogP contribution is -2.36. The molecule has 0 spiro atoms. The SMILES string of the molecule is Cc1cc2[nH]c(=O)c3cnn(C4CCCC4)c3c2cc1C(=O)N1CCCCC1.O=C=O. The fourth-order valence-electron chi connectivity index (χ4n) is 4.92. The summed E-state index contributed by atoms with van der Waals surface area (Å²) in [7, 11) is 0. The maximum Gasteiger partial charge on any atom is 0.373 e. The topological polar surface area (TPSA) is 105 Å². The van der Waals surface area contributed by atoms with Crippen molar-refractivity contribution in [1.29, 1.82) is 0 Å². The molecule has 1 aromatic carbocycles. The number of carbonyl (C=O) groups is 1. The van der Waals surface area contributed by atoms with Crippen LogP contribution in [0, 0.1) is 6.92 Å². The van der Waals surface area contributed by atoms with Crippen LogP contribution in [0.2, 0.25) is 0 Å². The highest BCUT2D eigenvalue weighted by Gasteiger charge is 2.24. The standard InChI is InChI=1S/C22H26N4O2.CO2/c1-14-11-19-17(12-16(14)22(28)25-9-5-2-6-10-25)20-18(21(27)24-19)13-23-26(20)15-7-3-4-8-15;2-1-3/h11-13,15H,2-10H2,1H3,(H,24,27);. The highest BCUT2D eigenvalue weighted by atomic mass is 16.2. The Morgan fingerprint density at radius 1 is 1.06 bits per heavy atom. The van der Waals surface area contributed by atoms with Gasteiger partial charge in [0.15, 0.2) is 0 Å². The molecule has 0 bridgehead atoms. The number of piperidine rings is 1. The number of hydrogen-bond donors (Lipinski definition) is 1. The van der Waals surface area contributed by atoms with Gasteiger partial charge in [-0.05, 0) is 56.7 Å².